The topological polar surface area (TPSA) is 72.3 Å². The molecule has 4 aromatic rings. The summed E-state index contributed by atoms with van der Waals surface area (Å²) in [4.78, 5) is 13.4. The first-order chi connectivity index (χ1) is 15.5. The quantitative estimate of drug-likeness (QED) is 0.490. The highest BCUT2D eigenvalue weighted by atomic mass is 32.1. The van der Waals surface area contributed by atoms with Gasteiger partial charge in [-0.15, -0.1) is 11.3 Å². The second kappa shape index (κ2) is 7.08. The van der Waals surface area contributed by atoms with Crippen LogP contribution in [0, 0.1) is 25.1 Å². The van der Waals surface area contributed by atoms with Crippen LogP contribution in [0.4, 0.5) is 10.2 Å². The zero-order valence-electron chi connectivity index (χ0n) is 18.2. The smallest absolute Gasteiger partial charge is 0.155 e. The minimum atomic E-state index is -0.270. The molecule has 4 heterocycles. The Morgan fingerprint density at radius 2 is 1.91 bits per heavy atom. The number of halogens is 1. The largest absolute Gasteiger partial charge is 0.355 e. The number of aromatic nitrogens is 4. The van der Waals surface area contributed by atoms with E-state index in [1.54, 1.807) is 29.7 Å². The lowest BCUT2D eigenvalue weighted by Crippen LogP contribution is -2.45. The molecule has 1 spiro atoms. The van der Waals surface area contributed by atoms with Crippen LogP contribution in [0.1, 0.15) is 40.2 Å². The van der Waals surface area contributed by atoms with Crippen LogP contribution in [-0.4, -0.2) is 32.7 Å². The van der Waals surface area contributed by atoms with Gasteiger partial charge in [-0.2, -0.15) is 5.10 Å². The van der Waals surface area contributed by atoms with Crippen LogP contribution >= 0.6 is 11.3 Å². The first-order valence-corrected chi connectivity index (χ1v) is 11.8. The number of thiazole rings is 1. The molecule has 0 bridgehead atoms. The van der Waals surface area contributed by atoms with Crippen molar-refractivity contribution in [2.45, 2.75) is 39.2 Å². The fourth-order valence-corrected chi connectivity index (χ4v) is 6.63. The fraction of sp³-hybridized carbons (Fsp3) is 0.375. The number of fused-ring (bicyclic) bond motifs is 2. The molecule has 8 heteroatoms. The summed E-state index contributed by atoms with van der Waals surface area (Å²) < 4.78 is 16.4. The van der Waals surface area contributed by atoms with E-state index in [9.17, 15) is 4.39 Å². The molecule has 1 saturated heterocycles. The average Bonchev–Trinajstić information content (AvgIpc) is 3.46. The monoisotopic (exact) mass is 448 g/mol. The maximum Gasteiger partial charge on any atom is 0.155 e. The van der Waals surface area contributed by atoms with Gasteiger partial charge in [0.25, 0.3) is 0 Å². The van der Waals surface area contributed by atoms with E-state index in [1.165, 1.54) is 10.9 Å². The standard InChI is InChI=1S/C24H25FN6S/c1-14-21(16-5-3-4-6-17(16)25)31-18(7-10-27-31)23(28-14)30-11-8-24(9-12-30)13-19-20(22(24)26)29-15(2)32-19/h3-7,10,22H,8-9,11-13,26H2,1-2H3/t22-/m1/s1. The van der Waals surface area contributed by atoms with Crippen LogP contribution in [0.2, 0.25) is 0 Å². The third-order valence-electron chi connectivity index (χ3n) is 7.19. The molecule has 164 valence electrons. The van der Waals surface area contributed by atoms with Crippen LogP contribution < -0.4 is 10.6 Å². The summed E-state index contributed by atoms with van der Waals surface area (Å²) in [6.45, 7) is 5.75. The maximum absolute atomic E-state index is 14.6. The van der Waals surface area contributed by atoms with Gasteiger partial charge in [-0.3, -0.25) is 0 Å². The fourth-order valence-electron chi connectivity index (χ4n) is 5.49. The van der Waals surface area contributed by atoms with Crippen molar-refractivity contribution < 1.29 is 4.39 Å². The Balaban J connectivity index is 1.33. The van der Waals surface area contributed by atoms with Gasteiger partial charge < -0.3 is 10.6 Å². The van der Waals surface area contributed by atoms with Gasteiger partial charge in [0.15, 0.2) is 5.82 Å². The van der Waals surface area contributed by atoms with E-state index in [0.717, 1.165) is 60.1 Å². The van der Waals surface area contributed by atoms with Crippen molar-refractivity contribution in [2.75, 3.05) is 18.0 Å². The molecule has 3 aromatic heterocycles. The SMILES string of the molecule is Cc1nc2c(s1)CC1(CCN(c3nc(C)c(-c4ccccc4F)n4nccc34)CC1)[C@@H]2N. The van der Waals surface area contributed by atoms with E-state index < -0.39 is 0 Å². The Labute approximate surface area is 189 Å². The van der Waals surface area contributed by atoms with Crippen LogP contribution in [-0.2, 0) is 6.42 Å². The van der Waals surface area contributed by atoms with Gasteiger partial charge in [0.2, 0.25) is 0 Å². The number of rotatable bonds is 2. The number of aryl methyl sites for hydroxylation is 2. The minimum Gasteiger partial charge on any atom is -0.355 e. The number of nitrogens with two attached hydrogens (primary N) is 1. The molecule has 2 aliphatic rings. The molecular formula is C24H25FN6S. The van der Waals surface area contributed by atoms with Gasteiger partial charge in [0.05, 0.1) is 34.3 Å². The molecule has 0 amide bonds. The van der Waals surface area contributed by atoms with Gasteiger partial charge in [0, 0.05) is 23.5 Å². The zero-order chi connectivity index (χ0) is 22.0. The highest BCUT2D eigenvalue weighted by Crippen LogP contribution is 2.52. The van der Waals surface area contributed by atoms with Crippen molar-refractivity contribution in [3.05, 3.63) is 63.6 Å². The molecule has 32 heavy (non-hydrogen) atoms. The molecule has 1 aliphatic heterocycles. The first kappa shape index (κ1) is 19.8. The van der Waals surface area contributed by atoms with Gasteiger partial charge >= 0.3 is 0 Å². The van der Waals surface area contributed by atoms with Crippen molar-refractivity contribution in [2.24, 2.45) is 11.1 Å². The summed E-state index contributed by atoms with van der Waals surface area (Å²) >= 11 is 1.79. The molecule has 1 aromatic carbocycles. The number of anilines is 1. The average molecular weight is 449 g/mol. The van der Waals surface area contributed by atoms with Crippen LogP contribution in [0.3, 0.4) is 0 Å². The van der Waals surface area contributed by atoms with Crippen LogP contribution in [0.15, 0.2) is 36.5 Å². The number of piperidine rings is 1. The first-order valence-electron chi connectivity index (χ1n) is 11.0. The minimum absolute atomic E-state index is 0.0118. The summed E-state index contributed by atoms with van der Waals surface area (Å²) in [5.74, 6) is 0.638. The summed E-state index contributed by atoms with van der Waals surface area (Å²) in [5, 5.41) is 5.63. The van der Waals surface area contributed by atoms with Crippen LogP contribution in [0.5, 0.6) is 0 Å². The van der Waals surface area contributed by atoms with E-state index in [0.29, 0.717) is 11.3 Å². The van der Waals surface area contributed by atoms with E-state index >= 15 is 0 Å². The van der Waals surface area contributed by atoms with Crippen molar-refractivity contribution in [3.8, 4) is 11.3 Å². The Kier molecular flexibility index (Phi) is 4.39. The Morgan fingerprint density at radius 1 is 1.12 bits per heavy atom. The summed E-state index contributed by atoms with van der Waals surface area (Å²) in [6, 6.07) is 8.76. The predicted octanol–water partition coefficient (Wildman–Crippen LogP) is 4.45. The van der Waals surface area contributed by atoms with Crippen LogP contribution in [0.25, 0.3) is 16.8 Å². The van der Waals surface area contributed by atoms with E-state index in [2.05, 4.69) is 16.9 Å². The zero-order valence-corrected chi connectivity index (χ0v) is 19.0. The molecule has 1 atom stereocenters. The highest BCUT2D eigenvalue weighted by molar-refractivity contribution is 7.11. The molecule has 2 N–H and O–H groups in total. The molecule has 6 nitrogen and oxygen atoms in total. The molecule has 0 unspecified atom stereocenters. The van der Waals surface area contributed by atoms with Crippen molar-refractivity contribution in [1.82, 2.24) is 19.6 Å². The predicted molar refractivity (Wildman–Crippen MR) is 124 cm³/mol. The van der Waals surface area contributed by atoms with Gasteiger partial charge in [-0.1, -0.05) is 12.1 Å². The van der Waals surface area contributed by atoms with E-state index in [1.807, 2.05) is 23.6 Å². The lowest BCUT2D eigenvalue weighted by atomic mass is 9.73. The van der Waals surface area contributed by atoms with Gasteiger partial charge in [0.1, 0.15) is 11.3 Å². The van der Waals surface area contributed by atoms with Gasteiger partial charge in [-0.25, -0.2) is 18.9 Å². The molecular weight excluding hydrogens is 423 g/mol. The summed E-state index contributed by atoms with van der Waals surface area (Å²) in [6.07, 6.45) is 4.80. The second-order valence-electron chi connectivity index (χ2n) is 9.02. The Bertz CT molecular complexity index is 1330. The maximum atomic E-state index is 14.6. The third-order valence-corrected chi connectivity index (χ3v) is 8.18. The van der Waals surface area contributed by atoms with Crippen molar-refractivity contribution in [1.29, 1.82) is 0 Å². The summed E-state index contributed by atoms with van der Waals surface area (Å²) in [7, 11) is 0. The highest BCUT2D eigenvalue weighted by Gasteiger charge is 2.48. The van der Waals surface area contributed by atoms with Crippen molar-refractivity contribution >= 4 is 22.7 Å². The molecule has 0 saturated carbocycles. The Morgan fingerprint density at radius 3 is 2.66 bits per heavy atom. The number of nitrogens with zero attached hydrogens (tertiary/aromatic N) is 5. The summed E-state index contributed by atoms with van der Waals surface area (Å²) in [5.41, 5.74) is 10.8. The van der Waals surface area contributed by atoms with E-state index in [-0.39, 0.29) is 17.3 Å². The number of benzene rings is 1. The van der Waals surface area contributed by atoms with Crippen molar-refractivity contribution in [3.63, 3.8) is 0 Å². The number of hydrogen-bond donors (Lipinski definition) is 1. The Hall–Kier alpha value is -2.84. The molecule has 6 rings (SSSR count). The third kappa shape index (κ3) is 2.82. The second-order valence-corrected chi connectivity index (χ2v) is 10.3. The molecule has 1 fully saturated rings. The lowest BCUT2D eigenvalue weighted by Gasteiger charge is -2.42. The lowest BCUT2D eigenvalue weighted by molar-refractivity contribution is 0.186. The normalized spacial score (nSPS) is 19.8. The molecule has 0 radical (unpaired) electrons. The molecule has 1 aliphatic carbocycles. The van der Waals surface area contributed by atoms with E-state index in [4.69, 9.17) is 15.7 Å². The number of hydrogen-bond acceptors (Lipinski definition) is 6. The van der Waals surface area contributed by atoms with Gasteiger partial charge in [-0.05, 0) is 56.7 Å².